The quantitative estimate of drug-likeness (QED) is 0.574. The Hall–Kier alpha value is -1.53. The molecule has 0 fully saturated rings. The SMILES string of the molecule is COc1ccccc1CN/N=C\c1cc(Br)c(O)c(Br)c1. The average molecular weight is 414 g/mol. The third-order valence-corrected chi connectivity index (χ3v) is 4.02. The molecule has 0 saturated carbocycles. The molecule has 0 atom stereocenters. The second-order valence-corrected chi connectivity index (χ2v) is 5.95. The lowest BCUT2D eigenvalue weighted by atomic mass is 10.2. The van der Waals surface area contributed by atoms with Gasteiger partial charge in [-0.15, -0.1) is 0 Å². The van der Waals surface area contributed by atoms with Crippen molar-refractivity contribution in [3.63, 3.8) is 0 Å². The molecule has 2 N–H and O–H groups in total. The summed E-state index contributed by atoms with van der Waals surface area (Å²) < 4.78 is 6.50. The van der Waals surface area contributed by atoms with E-state index >= 15 is 0 Å². The summed E-state index contributed by atoms with van der Waals surface area (Å²) in [5, 5.41) is 13.8. The number of nitrogens with one attached hydrogen (secondary N) is 1. The number of benzene rings is 2. The van der Waals surface area contributed by atoms with Crippen LogP contribution in [0.2, 0.25) is 0 Å². The zero-order chi connectivity index (χ0) is 15.2. The molecule has 0 aromatic heterocycles. The topological polar surface area (TPSA) is 53.8 Å². The number of hydrazone groups is 1. The zero-order valence-electron chi connectivity index (χ0n) is 11.3. The summed E-state index contributed by atoms with van der Waals surface area (Å²) >= 11 is 6.57. The van der Waals surface area contributed by atoms with Gasteiger partial charge in [-0.2, -0.15) is 5.10 Å². The van der Waals surface area contributed by atoms with Gasteiger partial charge in [-0.1, -0.05) is 18.2 Å². The smallest absolute Gasteiger partial charge is 0.143 e. The van der Waals surface area contributed by atoms with E-state index in [1.807, 2.05) is 24.3 Å². The normalized spacial score (nSPS) is 10.8. The molecule has 0 bridgehead atoms. The van der Waals surface area contributed by atoms with Crippen LogP contribution in [0.5, 0.6) is 11.5 Å². The highest BCUT2D eigenvalue weighted by Gasteiger charge is 2.04. The van der Waals surface area contributed by atoms with Crippen LogP contribution in [-0.4, -0.2) is 18.4 Å². The zero-order valence-corrected chi connectivity index (χ0v) is 14.5. The number of aromatic hydroxyl groups is 1. The molecule has 110 valence electrons. The molecule has 0 aliphatic carbocycles. The van der Waals surface area contributed by atoms with Crippen LogP contribution in [0.15, 0.2) is 50.4 Å². The summed E-state index contributed by atoms with van der Waals surface area (Å²) in [6.07, 6.45) is 1.68. The lowest BCUT2D eigenvalue weighted by Crippen LogP contribution is -2.06. The number of phenols is 1. The van der Waals surface area contributed by atoms with Gasteiger partial charge in [0.1, 0.15) is 11.5 Å². The second-order valence-electron chi connectivity index (χ2n) is 4.24. The Morgan fingerprint density at radius 2 is 1.90 bits per heavy atom. The van der Waals surface area contributed by atoms with Crippen LogP contribution < -0.4 is 10.2 Å². The molecule has 6 heteroatoms. The van der Waals surface area contributed by atoms with Crippen molar-refractivity contribution in [2.45, 2.75) is 6.54 Å². The van der Waals surface area contributed by atoms with Crippen molar-refractivity contribution >= 4 is 38.1 Å². The van der Waals surface area contributed by atoms with E-state index in [4.69, 9.17) is 4.74 Å². The molecule has 2 aromatic rings. The Balaban J connectivity index is 2.00. The van der Waals surface area contributed by atoms with Crippen LogP contribution in [0.3, 0.4) is 0 Å². The van der Waals surface area contributed by atoms with Gasteiger partial charge < -0.3 is 15.3 Å². The van der Waals surface area contributed by atoms with Crippen molar-refractivity contribution < 1.29 is 9.84 Å². The van der Waals surface area contributed by atoms with Gasteiger partial charge >= 0.3 is 0 Å². The number of nitrogens with zero attached hydrogens (tertiary/aromatic N) is 1. The average Bonchev–Trinajstić information content (AvgIpc) is 2.49. The molecule has 0 aliphatic heterocycles. The van der Waals surface area contributed by atoms with Gasteiger partial charge in [-0.05, 0) is 55.6 Å². The first-order valence-corrected chi connectivity index (χ1v) is 7.76. The summed E-state index contributed by atoms with van der Waals surface area (Å²) in [5.41, 5.74) is 4.87. The summed E-state index contributed by atoms with van der Waals surface area (Å²) in [7, 11) is 1.65. The third kappa shape index (κ3) is 4.22. The van der Waals surface area contributed by atoms with E-state index in [0.717, 1.165) is 16.9 Å². The number of para-hydroxylation sites is 1. The lowest BCUT2D eigenvalue weighted by Gasteiger charge is -2.07. The van der Waals surface area contributed by atoms with Gasteiger partial charge in [-0.25, -0.2) is 0 Å². The second kappa shape index (κ2) is 7.47. The van der Waals surface area contributed by atoms with Gasteiger partial charge in [0, 0.05) is 5.56 Å². The fourth-order valence-corrected chi connectivity index (χ4v) is 2.98. The molecule has 0 spiro atoms. The molecule has 2 aromatic carbocycles. The number of ether oxygens (including phenoxy) is 1. The number of halogens is 2. The Morgan fingerprint density at radius 1 is 1.24 bits per heavy atom. The molecule has 0 amide bonds. The molecule has 2 rings (SSSR count). The van der Waals surface area contributed by atoms with Gasteiger partial charge in [0.15, 0.2) is 0 Å². The first-order chi connectivity index (χ1) is 10.1. The third-order valence-electron chi connectivity index (χ3n) is 2.81. The van der Waals surface area contributed by atoms with E-state index in [-0.39, 0.29) is 5.75 Å². The minimum atomic E-state index is 0.175. The summed E-state index contributed by atoms with van der Waals surface area (Å²) in [4.78, 5) is 0. The largest absolute Gasteiger partial charge is 0.506 e. The van der Waals surface area contributed by atoms with Crippen LogP contribution >= 0.6 is 31.9 Å². The van der Waals surface area contributed by atoms with Crippen LogP contribution in [0, 0.1) is 0 Å². The molecule has 0 unspecified atom stereocenters. The molecular formula is C15H14Br2N2O2. The molecule has 0 aliphatic rings. The Morgan fingerprint density at radius 3 is 2.57 bits per heavy atom. The lowest BCUT2D eigenvalue weighted by molar-refractivity contribution is 0.408. The molecule has 4 nitrogen and oxygen atoms in total. The molecule has 0 heterocycles. The maximum Gasteiger partial charge on any atom is 0.143 e. The predicted molar refractivity (Wildman–Crippen MR) is 90.9 cm³/mol. The first-order valence-electron chi connectivity index (χ1n) is 6.17. The van der Waals surface area contributed by atoms with Crippen molar-refractivity contribution in [3.05, 3.63) is 56.5 Å². The molecule has 0 radical (unpaired) electrons. The Labute approximate surface area is 140 Å². The fraction of sp³-hybridized carbons (Fsp3) is 0.133. The van der Waals surface area contributed by atoms with E-state index in [0.29, 0.717) is 15.5 Å². The molecule has 21 heavy (non-hydrogen) atoms. The Kier molecular flexibility index (Phi) is 5.64. The van der Waals surface area contributed by atoms with Gasteiger partial charge in [0.25, 0.3) is 0 Å². The predicted octanol–water partition coefficient (Wildman–Crippen LogP) is 4.05. The minimum absolute atomic E-state index is 0.175. The molecular weight excluding hydrogens is 400 g/mol. The Bertz CT molecular complexity index is 637. The van der Waals surface area contributed by atoms with E-state index in [1.165, 1.54) is 0 Å². The van der Waals surface area contributed by atoms with Crippen LogP contribution in [0.4, 0.5) is 0 Å². The van der Waals surface area contributed by atoms with Gasteiger partial charge in [-0.3, -0.25) is 0 Å². The van der Waals surface area contributed by atoms with Crippen LogP contribution in [-0.2, 0) is 6.54 Å². The van der Waals surface area contributed by atoms with Crippen molar-refractivity contribution in [1.82, 2.24) is 5.43 Å². The summed E-state index contributed by atoms with van der Waals surface area (Å²) in [6.45, 7) is 0.570. The standard InChI is InChI=1S/C15H14Br2N2O2/c1-21-14-5-3-2-4-11(14)9-19-18-8-10-6-12(16)15(20)13(17)7-10/h2-8,19-20H,9H2,1H3/b18-8-. The van der Waals surface area contributed by atoms with Crippen molar-refractivity contribution in [1.29, 1.82) is 0 Å². The van der Waals surface area contributed by atoms with Crippen LogP contribution in [0.1, 0.15) is 11.1 Å². The molecule has 0 saturated heterocycles. The number of hydrogen-bond donors (Lipinski definition) is 2. The van der Waals surface area contributed by atoms with E-state index < -0.39 is 0 Å². The summed E-state index contributed by atoms with van der Waals surface area (Å²) in [5.74, 6) is 1.00. The first kappa shape index (κ1) is 15.9. The maximum atomic E-state index is 9.64. The van der Waals surface area contributed by atoms with E-state index in [9.17, 15) is 5.11 Å². The van der Waals surface area contributed by atoms with Crippen LogP contribution in [0.25, 0.3) is 0 Å². The summed E-state index contributed by atoms with van der Waals surface area (Å²) in [6, 6.07) is 11.3. The van der Waals surface area contributed by atoms with E-state index in [2.05, 4.69) is 42.4 Å². The van der Waals surface area contributed by atoms with Crippen molar-refractivity contribution in [3.8, 4) is 11.5 Å². The number of rotatable bonds is 5. The van der Waals surface area contributed by atoms with Gasteiger partial charge in [0.05, 0.1) is 28.8 Å². The van der Waals surface area contributed by atoms with E-state index in [1.54, 1.807) is 25.5 Å². The minimum Gasteiger partial charge on any atom is -0.506 e. The highest BCUT2D eigenvalue weighted by molar-refractivity contribution is 9.11. The highest BCUT2D eigenvalue weighted by Crippen LogP contribution is 2.32. The highest BCUT2D eigenvalue weighted by atomic mass is 79.9. The van der Waals surface area contributed by atoms with Crippen molar-refractivity contribution in [2.75, 3.05) is 7.11 Å². The van der Waals surface area contributed by atoms with Crippen molar-refractivity contribution in [2.24, 2.45) is 5.10 Å². The monoisotopic (exact) mass is 412 g/mol. The number of methoxy groups -OCH3 is 1. The number of phenolic OH excluding ortho intramolecular Hbond substituents is 1. The number of hydrogen-bond acceptors (Lipinski definition) is 4. The maximum absolute atomic E-state index is 9.64. The van der Waals surface area contributed by atoms with Gasteiger partial charge in [0.2, 0.25) is 0 Å². The fourth-order valence-electron chi connectivity index (χ4n) is 1.76.